The maximum atomic E-state index is 13.1. The van der Waals surface area contributed by atoms with E-state index in [1.54, 1.807) is 0 Å². The first-order valence-electron chi connectivity index (χ1n) is 38.5. The molecule has 93 heavy (non-hydrogen) atoms. The molecule has 3 N–H and O–H groups in total. The molecule has 17 nitrogen and oxygen atoms in total. The number of unbranched alkanes of at least 4 members (excludes halogenated alkanes) is 42. The van der Waals surface area contributed by atoms with Gasteiger partial charge in [0.05, 0.1) is 26.4 Å². The van der Waals surface area contributed by atoms with E-state index in [0.29, 0.717) is 25.7 Å². The highest BCUT2D eigenvalue weighted by molar-refractivity contribution is 7.47. The summed E-state index contributed by atoms with van der Waals surface area (Å²) in [6.45, 7) is 9.53. The molecule has 0 radical (unpaired) electrons. The van der Waals surface area contributed by atoms with E-state index in [2.05, 4.69) is 41.5 Å². The Kier molecular flexibility index (Phi) is 64.6. The fourth-order valence-corrected chi connectivity index (χ4v) is 12.8. The van der Waals surface area contributed by atoms with Crippen LogP contribution < -0.4 is 0 Å². The molecule has 0 rings (SSSR count). The predicted molar refractivity (Wildman–Crippen MR) is 377 cm³/mol. The van der Waals surface area contributed by atoms with Crippen LogP contribution in [0.4, 0.5) is 0 Å². The summed E-state index contributed by atoms with van der Waals surface area (Å²) in [6, 6.07) is 0. The molecule has 6 atom stereocenters. The summed E-state index contributed by atoms with van der Waals surface area (Å²) in [5.74, 6) is -0.630. The third-order valence-corrected chi connectivity index (χ3v) is 19.5. The number of carbonyl (C=O) groups excluding carboxylic acids is 4. The summed E-state index contributed by atoms with van der Waals surface area (Å²) in [4.78, 5) is 72.7. The first-order chi connectivity index (χ1) is 44.9. The highest BCUT2D eigenvalue weighted by Gasteiger charge is 2.30. The highest BCUT2D eigenvalue weighted by Crippen LogP contribution is 2.45. The van der Waals surface area contributed by atoms with Crippen molar-refractivity contribution in [2.45, 2.75) is 400 Å². The normalized spacial score (nSPS) is 14.3. The number of carbonyl (C=O) groups is 4. The molecule has 0 amide bonds. The molecule has 0 saturated heterocycles. The van der Waals surface area contributed by atoms with Crippen LogP contribution in [0.2, 0.25) is 0 Å². The van der Waals surface area contributed by atoms with E-state index >= 15 is 0 Å². The highest BCUT2D eigenvalue weighted by atomic mass is 31.2. The number of phosphoric ester groups is 2. The lowest BCUT2D eigenvalue weighted by molar-refractivity contribution is -0.161. The maximum Gasteiger partial charge on any atom is 0.472 e. The van der Waals surface area contributed by atoms with Gasteiger partial charge in [-0.3, -0.25) is 37.3 Å². The first kappa shape index (κ1) is 91.1. The van der Waals surface area contributed by atoms with Crippen LogP contribution >= 0.6 is 15.6 Å². The van der Waals surface area contributed by atoms with Crippen molar-refractivity contribution in [1.82, 2.24) is 0 Å². The average molecular weight is 1370 g/mol. The van der Waals surface area contributed by atoms with Crippen molar-refractivity contribution in [2.24, 2.45) is 11.8 Å². The number of hydrogen-bond donors (Lipinski definition) is 3. The number of phosphoric acid groups is 2. The molecule has 0 aliphatic heterocycles. The minimum atomic E-state index is -4.96. The Morgan fingerprint density at radius 3 is 0.817 bits per heavy atom. The molecule has 19 heteroatoms. The van der Waals surface area contributed by atoms with Gasteiger partial charge in [-0.25, -0.2) is 9.13 Å². The van der Waals surface area contributed by atoms with Crippen LogP contribution in [0.1, 0.15) is 382 Å². The van der Waals surface area contributed by atoms with E-state index < -0.39 is 97.5 Å². The van der Waals surface area contributed by atoms with Gasteiger partial charge in [0.1, 0.15) is 19.3 Å². The molecule has 0 bridgehead atoms. The molecular formula is C74H144O17P2. The summed E-state index contributed by atoms with van der Waals surface area (Å²) in [5.41, 5.74) is 0. The van der Waals surface area contributed by atoms with Crippen molar-refractivity contribution in [1.29, 1.82) is 0 Å². The Hall–Kier alpha value is -1.94. The lowest BCUT2D eigenvalue weighted by Crippen LogP contribution is -2.30. The fourth-order valence-electron chi connectivity index (χ4n) is 11.3. The monoisotopic (exact) mass is 1370 g/mol. The number of hydrogen-bond acceptors (Lipinski definition) is 15. The van der Waals surface area contributed by atoms with E-state index in [1.165, 1.54) is 199 Å². The molecule has 0 aliphatic carbocycles. The first-order valence-corrected chi connectivity index (χ1v) is 41.5. The second-order valence-electron chi connectivity index (χ2n) is 27.4. The Bertz CT molecular complexity index is 1810. The Morgan fingerprint density at radius 1 is 0.312 bits per heavy atom. The summed E-state index contributed by atoms with van der Waals surface area (Å²) >= 11 is 0. The topological polar surface area (TPSA) is 237 Å². The minimum absolute atomic E-state index is 0.103. The fraction of sp³-hybridized carbons (Fsp3) is 0.946. The Balaban J connectivity index is 5.22. The lowest BCUT2D eigenvalue weighted by Gasteiger charge is -2.21. The van der Waals surface area contributed by atoms with Crippen molar-refractivity contribution in [3.8, 4) is 0 Å². The summed E-state index contributed by atoms with van der Waals surface area (Å²) in [5, 5.41) is 10.6. The molecule has 0 aliphatic rings. The molecule has 0 spiro atoms. The molecule has 0 aromatic heterocycles. The largest absolute Gasteiger partial charge is 0.472 e. The molecule has 0 saturated carbocycles. The molecule has 552 valence electrons. The van der Waals surface area contributed by atoms with Gasteiger partial charge in [0.2, 0.25) is 0 Å². The Labute approximate surface area is 568 Å². The van der Waals surface area contributed by atoms with Crippen LogP contribution in [0, 0.1) is 11.8 Å². The van der Waals surface area contributed by atoms with Crippen molar-refractivity contribution in [2.75, 3.05) is 39.6 Å². The number of esters is 4. The van der Waals surface area contributed by atoms with Gasteiger partial charge in [-0.1, -0.05) is 330 Å². The van der Waals surface area contributed by atoms with Crippen LogP contribution in [0.25, 0.3) is 0 Å². The third kappa shape index (κ3) is 67.0. The molecule has 0 heterocycles. The molecule has 3 unspecified atom stereocenters. The zero-order valence-electron chi connectivity index (χ0n) is 60.6. The molecule has 0 aromatic carbocycles. The molecule has 0 aromatic rings. The maximum absolute atomic E-state index is 13.1. The predicted octanol–water partition coefficient (Wildman–Crippen LogP) is 21.6. The summed E-state index contributed by atoms with van der Waals surface area (Å²) in [7, 11) is -9.91. The number of ether oxygens (including phenoxy) is 4. The van der Waals surface area contributed by atoms with Crippen molar-refractivity contribution >= 4 is 39.5 Å². The number of aliphatic hydroxyl groups excluding tert-OH is 1. The van der Waals surface area contributed by atoms with E-state index in [1.807, 2.05) is 0 Å². The zero-order valence-corrected chi connectivity index (χ0v) is 62.3. The van der Waals surface area contributed by atoms with Gasteiger partial charge in [-0.15, -0.1) is 0 Å². The SMILES string of the molecule is CCCCCCCCCCCCCCCCCCCCCC(=O)O[C@H](COC(=O)CCCCCCCCCCCCCC(C)C)COP(=O)(O)OC[C@@H](O)COP(=O)(O)OC[C@@H](COC(=O)CCCCCCCCCCCC)OC(=O)CCCCCCCCC(C)CC. The Morgan fingerprint density at radius 2 is 0.548 bits per heavy atom. The van der Waals surface area contributed by atoms with Crippen molar-refractivity contribution < 1.29 is 80.2 Å². The van der Waals surface area contributed by atoms with Gasteiger partial charge < -0.3 is 33.8 Å². The van der Waals surface area contributed by atoms with Crippen LogP contribution in [0.15, 0.2) is 0 Å². The van der Waals surface area contributed by atoms with Crippen LogP contribution in [-0.4, -0.2) is 96.7 Å². The van der Waals surface area contributed by atoms with Crippen LogP contribution in [-0.2, 0) is 65.4 Å². The van der Waals surface area contributed by atoms with E-state index in [4.69, 9.17) is 37.0 Å². The third-order valence-electron chi connectivity index (χ3n) is 17.6. The van der Waals surface area contributed by atoms with Crippen LogP contribution in [0.5, 0.6) is 0 Å². The zero-order chi connectivity index (χ0) is 68.6. The summed E-state index contributed by atoms with van der Waals surface area (Å²) < 4.78 is 68.4. The smallest absolute Gasteiger partial charge is 0.462 e. The van der Waals surface area contributed by atoms with E-state index in [-0.39, 0.29) is 25.7 Å². The molecular weight excluding hydrogens is 1220 g/mol. The van der Waals surface area contributed by atoms with E-state index in [9.17, 15) is 43.2 Å². The van der Waals surface area contributed by atoms with Crippen molar-refractivity contribution in [3.05, 3.63) is 0 Å². The number of rotatable bonds is 73. The minimum Gasteiger partial charge on any atom is -0.462 e. The van der Waals surface area contributed by atoms with Gasteiger partial charge in [-0.05, 0) is 37.5 Å². The van der Waals surface area contributed by atoms with Crippen LogP contribution in [0.3, 0.4) is 0 Å². The average Bonchev–Trinajstić information content (AvgIpc) is 1.77. The van der Waals surface area contributed by atoms with Gasteiger partial charge in [0.25, 0.3) is 0 Å². The van der Waals surface area contributed by atoms with Gasteiger partial charge in [0, 0.05) is 25.7 Å². The van der Waals surface area contributed by atoms with Gasteiger partial charge >= 0.3 is 39.5 Å². The second kappa shape index (κ2) is 66.0. The quantitative estimate of drug-likeness (QED) is 0.0222. The number of aliphatic hydroxyl groups is 1. The van der Waals surface area contributed by atoms with E-state index in [0.717, 1.165) is 102 Å². The standard InChI is InChI=1S/C74H144O17P2/c1-7-10-12-14-16-18-20-21-22-23-24-25-26-27-30-35-39-46-52-58-73(78)90-69(62-84-72(77)57-51-45-38-34-31-28-29-32-36-42-48-54-66(4)5)64-88-92(80,81)86-60-68(75)61-87-93(82,83)89-65-70(91-74(79)59-53-47-41-40-43-49-55-67(6)9-3)63-85-71(76)56-50-44-37-33-19-17-15-13-11-8-2/h66-70,75H,7-65H2,1-6H3,(H,80,81)(H,82,83)/t67?,68-,69-,70-/m1/s1. The van der Waals surface area contributed by atoms with Gasteiger partial charge in [0.15, 0.2) is 12.2 Å². The van der Waals surface area contributed by atoms with Crippen molar-refractivity contribution in [3.63, 3.8) is 0 Å². The molecule has 0 fully saturated rings. The van der Waals surface area contributed by atoms with Gasteiger partial charge in [-0.2, -0.15) is 0 Å². The summed E-state index contributed by atoms with van der Waals surface area (Å²) in [6.07, 6.45) is 52.8. The lowest BCUT2D eigenvalue weighted by atomic mass is 10.00. The second-order valence-corrected chi connectivity index (χ2v) is 30.3.